The minimum absolute atomic E-state index is 0.00795. The van der Waals surface area contributed by atoms with Crippen molar-refractivity contribution >= 4 is 11.5 Å². The predicted octanol–water partition coefficient (Wildman–Crippen LogP) is 1.71. The third-order valence-electron chi connectivity index (χ3n) is 3.21. The van der Waals surface area contributed by atoms with Crippen LogP contribution in [0.2, 0.25) is 0 Å². The predicted molar refractivity (Wildman–Crippen MR) is 62.8 cm³/mol. The number of aliphatic hydroxyl groups excluding tert-OH is 1. The van der Waals surface area contributed by atoms with Gasteiger partial charge in [0.05, 0.1) is 23.1 Å². The highest BCUT2D eigenvalue weighted by Gasteiger charge is 2.33. The lowest BCUT2D eigenvalue weighted by molar-refractivity contribution is -0.384. The van der Waals surface area contributed by atoms with Crippen molar-refractivity contribution in [3.05, 3.63) is 28.4 Å². The fraction of sp³-hybridized carbons (Fsp3) is 0.545. The highest BCUT2D eigenvalue weighted by atomic mass is 16.6. The molecule has 0 aromatic carbocycles. The lowest BCUT2D eigenvalue weighted by Gasteiger charge is -2.28. The van der Waals surface area contributed by atoms with E-state index >= 15 is 0 Å². The van der Waals surface area contributed by atoms with E-state index in [-0.39, 0.29) is 17.8 Å². The first-order valence-corrected chi connectivity index (χ1v) is 5.65. The maximum atomic E-state index is 10.6. The van der Waals surface area contributed by atoms with Crippen LogP contribution in [0, 0.1) is 10.1 Å². The van der Waals surface area contributed by atoms with Crippen molar-refractivity contribution in [3.63, 3.8) is 0 Å². The van der Waals surface area contributed by atoms with Crippen LogP contribution in [0.4, 0.5) is 11.5 Å². The summed E-state index contributed by atoms with van der Waals surface area (Å²) in [6, 6.07) is 2.75. The Balaban J connectivity index is 2.17. The van der Waals surface area contributed by atoms with Crippen molar-refractivity contribution in [2.24, 2.45) is 0 Å². The molecule has 2 rings (SSSR count). The van der Waals surface area contributed by atoms with Crippen molar-refractivity contribution in [2.45, 2.75) is 31.2 Å². The molecule has 0 spiro atoms. The Bertz CT molecular complexity index is 416. The molecule has 2 N–H and O–H groups in total. The van der Waals surface area contributed by atoms with Gasteiger partial charge in [0.1, 0.15) is 5.82 Å². The zero-order chi connectivity index (χ0) is 12.3. The number of hydrogen-bond donors (Lipinski definition) is 2. The van der Waals surface area contributed by atoms with Crippen molar-refractivity contribution in [1.82, 2.24) is 4.98 Å². The highest BCUT2D eigenvalue weighted by Crippen LogP contribution is 2.32. The molecule has 0 atom stereocenters. The standard InChI is InChI=1S/C11H15N3O3/c15-8-11(4-1-2-5-11)13-10-7-9(14(16)17)3-6-12-10/h3,6-7,15H,1-2,4-5,8H2,(H,12,13). The molecule has 6 nitrogen and oxygen atoms in total. The molecule has 0 amide bonds. The van der Waals surface area contributed by atoms with Crippen LogP contribution < -0.4 is 5.32 Å². The van der Waals surface area contributed by atoms with Gasteiger partial charge >= 0.3 is 0 Å². The van der Waals surface area contributed by atoms with Gasteiger partial charge in [0.25, 0.3) is 5.69 Å². The van der Waals surface area contributed by atoms with Crippen LogP contribution in [0.15, 0.2) is 18.3 Å². The van der Waals surface area contributed by atoms with Crippen molar-refractivity contribution < 1.29 is 10.0 Å². The van der Waals surface area contributed by atoms with Crippen LogP contribution in [0.1, 0.15) is 25.7 Å². The Labute approximate surface area is 98.8 Å². The smallest absolute Gasteiger partial charge is 0.274 e. The van der Waals surface area contributed by atoms with Gasteiger partial charge < -0.3 is 10.4 Å². The highest BCUT2D eigenvalue weighted by molar-refractivity contribution is 5.46. The third-order valence-corrected chi connectivity index (χ3v) is 3.21. The summed E-state index contributed by atoms with van der Waals surface area (Å²) in [6.07, 6.45) is 5.26. The summed E-state index contributed by atoms with van der Waals surface area (Å²) in [5, 5.41) is 23.2. The summed E-state index contributed by atoms with van der Waals surface area (Å²) in [5.74, 6) is 0.454. The number of nitrogens with zero attached hydrogens (tertiary/aromatic N) is 2. The third kappa shape index (κ3) is 2.52. The molecule has 6 heteroatoms. The van der Waals surface area contributed by atoms with Crippen molar-refractivity contribution in [3.8, 4) is 0 Å². The Kier molecular flexibility index (Phi) is 3.23. The molecule has 1 aromatic heterocycles. The first-order chi connectivity index (χ1) is 8.15. The van der Waals surface area contributed by atoms with E-state index in [1.165, 1.54) is 18.3 Å². The summed E-state index contributed by atoms with van der Waals surface area (Å²) in [5.41, 5.74) is -0.351. The van der Waals surface area contributed by atoms with E-state index in [2.05, 4.69) is 10.3 Å². The summed E-state index contributed by atoms with van der Waals surface area (Å²) in [4.78, 5) is 14.2. The molecule has 1 fully saturated rings. The van der Waals surface area contributed by atoms with Crippen LogP contribution >= 0.6 is 0 Å². The molecule has 92 valence electrons. The first kappa shape index (κ1) is 11.8. The number of aromatic nitrogens is 1. The summed E-state index contributed by atoms with van der Waals surface area (Å²) in [6.45, 7) is 0.0252. The fourth-order valence-corrected chi connectivity index (χ4v) is 2.25. The van der Waals surface area contributed by atoms with E-state index in [1.54, 1.807) is 0 Å². The zero-order valence-corrected chi connectivity index (χ0v) is 9.43. The number of rotatable bonds is 4. The molecule has 1 aliphatic carbocycles. The quantitative estimate of drug-likeness (QED) is 0.614. The minimum Gasteiger partial charge on any atom is -0.394 e. The van der Waals surface area contributed by atoms with Crippen LogP contribution in [0.25, 0.3) is 0 Å². The second kappa shape index (κ2) is 4.67. The van der Waals surface area contributed by atoms with Gasteiger partial charge in [-0.25, -0.2) is 4.98 Å². The topological polar surface area (TPSA) is 88.3 Å². The van der Waals surface area contributed by atoms with E-state index < -0.39 is 4.92 Å². The monoisotopic (exact) mass is 237 g/mol. The van der Waals surface area contributed by atoms with Crippen LogP contribution in [0.3, 0.4) is 0 Å². The average molecular weight is 237 g/mol. The number of anilines is 1. The molecule has 0 aliphatic heterocycles. The second-order valence-electron chi connectivity index (χ2n) is 4.43. The van der Waals surface area contributed by atoms with E-state index in [9.17, 15) is 15.2 Å². The molecule has 17 heavy (non-hydrogen) atoms. The fourth-order valence-electron chi connectivity index (χ4n) is 2.25. The first-order valence-electron chi connectivity index (χ1n) is 5.65. The number of nitrogens with one attached hydrogen (secondary N) is 1. The van der Waals surface area contributed by atoms with Crippen molar-refractivity contribution in [1.29, 1.82) is 0 Å². The molecule has 1 saturated carbocycles. The van der Waals surface area contributed by atoms with Crippen LogP contribution in [-0.4, -0.2) is 27.2 Å². The zero-order valence-electron chi connectivity index (χ0n) is 9.43. The largest absolute Gasteiger partial charge is 0.394 e. The van der Waals surface area contributed by atoms with Crippen molar-refractivity contribution in [2.75, 3.05) is 11.9 Å². The molecule has 1 aliphatic rings. The van der Waals surface area contributed by atoms with E-state index in [0.717, 1.165) is 25.7 Å². The minimum atomic E-state index is -0.451. The van der Waals surface area contributed by atoms with Gasteiger partial charge in [-0.15, -0.1) is 0 Å². The molecular formula is C11H15N3O3. The summed E-state index contributed by atoms with van der Waals surface area (Å²) >= 11 is 0. The van der Waals surface area contributed by atoms with Crippen LogP contribution in [-0.2, 0) is 0 Å². The van der Waals surface area contributed by atoms with Gasteiger partial charge in [-0.3, -0.25) is 10.1 Å². The lowest BCUT2D eigenvalue weighted by Crippen LogP contribution is -2.39. The number of nitro groups is 1. The Morgan fingerprint density at radius 2 is 2.24 bits per heavy atom. The average Bonchev–Trinajstić information content (AvgIpc) is 2.78. The van der Waals surface area contributed by atoms with E-state index in [4.69, 9.17) is 0 Å². The Morgan fingerprint density at radius 1 is 1.53 bits per heavy atom. The molecule has 1 aromatic rings. The van der Waals surface area contributed by atoms with E-state index in [1.807, 2.05) is 0 Å². The van der Waals surface area contributed by atoms with E-state index in [0.29, 0.717) is 5.82 Å². The molecule has 0 saturated heterocycles. The van der Waals surface area contributed by atoms with Gasteiger partial charge in [0, 0.05) is 12.3 Å². The normalized spacial score (nSPS) is 17.9. The maximum Gasteiger partial charge on any atom is 0.274 e. The Morgan fingerprint density at radius 3 is 2.82 bits per heavy atom. The molecule has 0 bridgehead atoms. The van der Waals surface area contributed by atoms with Gasteiger partial charge in [0.15, 0.2) is 0 Å². The van der Waals surface area contributed by atoms with Crippen LogP contribution in [0.5, 0.6) is 0 Å². The maximum absolute atomic E-state index is 10.6. The molecular weight excluding hydrogens is 222 g/mol. The van der Waals surface area contributed by atoms with Gasteiger partial charge in [0.2, 0.25) is 0 Å². The number of aliphatic hydroxyl groups is 1. The van der Waals surface area contributed by atoms with Gasteiger partial charge in [-0.2, -0.15) is 0 Å². The second-order valence-corrected chi connectivity index (χ2v) is 4.43. The number of hydrogen-bond acceptors (Lipinski definition) is 5. The SMILES string of the molecule is O=[N+]([O-])c1ccnc(NC2(CO)CCCC2)c1. The van der Waals surface area contributed by atoms with Gasteiger partial charge in [-0.05, 0) is 12.8 Å². The van der Waals surface area contributed by atoms with Gasteiger partial charge in [-0.1, -0.05) is 12.8 Å². The molecule has 0 unspecified atom stereocenters. The lowest BCUT2D eigenvalue weighted by atomic mass is 9.99. The summed E-state index contributed by atoms with van der Waals surface area (Å²) < 4.78 is 0. The number of pyridine rings is 1. The Hall–Kier alpha value is -1.69. The summed E-state index contributed by atoms with van der Waals surface area (Å²) in [7, 11) is 0. The molecule has 0 radical (unpaired) electrons. The molecule has 1 heterocycles.